The zero-order valence-corrected chi connectivity index (χ0v) is 55.1. The number of nitrogens with zero attached hydrogens (tertiary/aromatic N) is 6. The third-order valence-corrected chi connectivity index (χ3v) is 17.9. The Morgan fingerprint density at radius 2 is 1.18 bits per heavy atom. The monoisotopic (exact) mass is 1230 g/mol. The van der Waals surface area contributed by atoms with E-state index in [0.717, 1.165) is 26.8 Å². The highest BCUT2D eigenvalue weighted by molar-refractivity contribution is 5.99. The maximum absolute atomic E-state index is 15.8. The van der Waals surface area contributed by atoms with Crippen molar-refractivity contribution in [2.45, 2.75) is 188 Å². The highest BCUT2D eigenvalue weighted by Crippen LogP contribution is 2.30. The second-order valence-corrected chi connectivity index (χ2v) is 26.3. The van der Waals surface area contributed by atoms with Gasteiger partial charge in [-0.3, -0.25) is 43.3 Å². The summed E-state index contributed by atoms with van der Waals surface area (Å²) in [5.41, 5.74) is 1.12. The molecule has 0 saturated carbocycles. The van der Waals surface area contributed by atoms with Crippen molar-refractivity contribution >= 4 is 64.0 Å². The standard InChI is InChI=1S/C69H97N9O11/c1-17-43(9)55-66(85)75(14)56(41(5)6)61(80)71-51(34-40(3)4)64(83)77(16)59(69(11,12)88)68(87)89-58(44(10)18-2)67(86)76(15)57(42(7)8)62(81)72-52(36-45-24-20-19-21-25-45)63(82)74(13)54(65(84)78-33-23-28-53(78)60(79)73-55)37-46-26-22-27-48(35-46)49-30-29-47-31-32-70-39-50(47)38-49/h19-22,24-27,29-32,35,38-44,51-59,88H,17-18,23,28,33-34,36-37H2,1-16H3,(H,71,80)(H,72,81)(H,73,79)/t43-,44-,51-,52-,53-,54-,55-,56-,57-,58+,59+/m0/s1. The van der Waals surface area contributed by atoms with Crippen molar-refractivity contribution in [2.75, 3.05) is 34.7 Å². The molecular formula is C69H97N9O11. The largest absolute Gasteiger partial charge is 0.450 e. The Hall–Kier alpha value is -7.74. The molecule has 4 aromatic rings. The summed E-state index contributed by atoms with van der Waals surface area (Å²) in [7, 11) is 5.69. The van der Waals surface area contributed by atoms with Crippen LogP contribution >= 0.6 is 0 Å². The lowest BCUT2D eigenvalue weighted by molar-refractivity contribution is -0.177. The number of aromatic nitrogens is 1. The van der Waals surface area contributed by atoms with E-state index in [2.05, 4.69) is 20.9 Å². The van der Waals surface area contributed by atoms with E-state index in [-0.39, 0.29) is 38.1 Å². The first-order valence-corrected chi connectivity index (χ1v) is 31.6. The Labute approximate surface area is 526 Å². The Kier molecular flexibility index (Phi) is 24.2. The van der Waals surface area contributed by atoms with Gasteiger partial charge in [0, 0.05) is 71.3 Å². The van der Waals surface area contributed by atoms with Crippen LogP contribution in [-0.2, 0) is 60.7 Å². The number of aliphatic hydroxyl groups is 1. The summed E-state index contributed by atoms with van der Waals surface area (Å²) in [6, 6.07) is 14.3. The van der Waals surface area contributed by atoms with Gasteiger partial charge >= 0.3 is 5.97 Å². The quantitative estimate of drug-likeness (QED) is 0.0978. The number of fused-ring (bicyclic) bond motifs is 2. The number of benzene rings is 3. The van der Waals surface area contributed by atoms with Crippen LogP contribution in [0.3, 0.4) is 0 Å². The molecule has 484 valence electrons. The normalized spacial score (nSPS) is 24.9. The molecule has 0 radical (unpaired) electrons. The molecule has 8 amide bonds. The van der Waals surface area contributed by atoms with Crippen LogP contribution in [0.5, 0.6) is 0 Å². The summed E-state index contributed by atoms with van der Waals surface area (Å²) in [5, 5.41) is 22.6. The molecule has 2 aliphatic rings. The number of nitrogens with one attached hydrogen (secondary N) is 3. The molecule has 4 N–H and O–H groups in total. The van der Waals surface area contributed by atoms with Gasteiger partial charge in [-0.15, -0.1) is 0 Å². The maximum atomic E-state index is 15.8. The molecule has 20 heteroatoms. The Bertz CT molecular complexity index is 3160. The number of carbonyl (C=O) groups is 9. The van der Waals surface area contributed by atoms with Gasteiger partial charge in [0.25, 0.3) is 5.91 Å². The fourth-order valence-corrected chi connectivity index (χ4v) is 12.5. The first-order valence-electron chi connectivity index (χ1n) is 31.6. The van der Waals surface area contributed by atoms with Gasteiger partial charge in [-0.2, -0.15) is 0 Å². The maximum Gasteiger partial charge on any atom is 0.332 e. The van der Waals surface area contributed by atoms with Crippen molar-refractivity contribution in [3.63, 3.8) is 0 Å². The average molecular weight is 1230 g/mol. The van der Waals surface area contributed by atoms with Crippen molar-refractivity contribution in [3.05, 3.63) is 102 Å². The van der Waals surface area contributed by atoms with Crippen LogP contribution in [0.25, 0.3) is 21.9 Å². The first-order chi connectivity index (χ1) is 41.9. The summed E-state index contributed by atoms with van der Waals surface area (Å²) >= 11 is 0. The van der Waals surface area contributed by atoms with E-state index >= 15 is 28.8 Å². The third-order valence-electron chi connectivity index (χ3n) is 17.9. The van der Waals surface area contributed by atoms with E-state index in [1.54, 1.807) is 66.1 Å². The molecular weight excluding hydrogens is 1130 g/mol. The molecule has 2 fully saturated rings. The minimum Gasteiger partial charge on any atom is -0.450 e. The molecule has 20 nitrogen and oxygen atoms in total. The summed E-state index contributed by atoms with van der Waals surface area (Å²) in [5.74, 6) is -8.86. The Morgan fingerprint density at radius 1 is 0.596 bits per heavy atom. The molecule has 11 atom stereocenters. The number of carbonyl (C=O) groups excluding carboxylic acids is 9. The van der Waals surface area contributed by atoms with Crippen LogP contribution in [0, 0.1) is 29.6 Å². The van der Waals surface area contributed by atoms with Crippen molar-refractivity contribution in [2.24, 2.45) is 29.6 Å². The number of cyclic esters (lactones) is 1. The molecule has 89 heavy (non-hydrogen) atoms. The topological polar surface area (TPSA) is 248 Å². The van der Waals surface area contributed by atoms with Crippen molar-refractivity contribution in [3.8, 4) is 11.1 Å². The van der Waals surface area contributed by atoms with E-state index < -0.39 is 137 Å². The van der Waals surface area contributed by atoms with Crippen LogP contribution < -0.4 is 16.0 Å². The van der Waals surface area contributed by atoms with Gasteiger partial charge in [-0.1, -0.05) is 142 Å². The second-order valence-electron chi connectivity index (χ2n) is 26.3. The van der Waals surface area contributed by atoms with Crippen LogP contribution in [-0.4, -0.2) is 183 Å². The number of likely N-dealkylation sites (N-methyl/N-ethyl adjacent to an activating group) is 4. The predicted molar refractivity (Wildman–Crippen MR) is 342 cm³/mol. The van der Waals surface area contributed by atoms with Crippen LogP contribution in [0.1, 0.15) is 126 Å². The molecule has 0 unspecified atom stereocenters. The minimum atomic E-state index is -1.99. The van der Waals surface area contributed by atoms with Gasteiger partial charge < -0.3 is 50.3 Å². The van der Waals surface area contributed by atoms with Crippen molar-refractivity contribution in [1.82, 2.24) is 45.4 Å². The van der Waals surface area contributed by atoms with Gasteiger partial charge in [0.15, 0.2) is 12.1 Å². The van der Waals surface area contributed by atoms with Gasteiger partial charge in [0.05, 0.1) is 5.60 Å². The lowest BCUT2D eigenvalue weighted by Gasteiger charge is -2.39. The van der Waals surface area contributed by atoms with Gasteiger partial charge in [-0.25, -0.2) is 4.79 Å². The SMILES string of the molecule is CC[C@H](C)[C@@H]1NC(=O)[C@@H]2CCCN2C(=O)[C@H](Cc2cccc(-c3ccc4ccncc4c3)c2)N(C)C(=O)[C@H](Cc2ccccc2)NC(=O)[C@H](C(C)C)N(C)C(=O)[C@@H]([C@@H](C)CC)OC(=O)[C@H](C(C)(C)O)N(C)C(=O)[C@H](CC(C)C)NC(=O)[C@H](C(C)C)N(C)C1=O. The summed E-state index contributed by atoms with van der Waals surface area (Å²) in [6.45, 7) is 20.6. The molecule has 1 aromatic heterocycles. The van der Waals surface area contributed by atoms with Crippen molar-refractivity contribution in [1.29, 1.82) is 0 Å². The molecule has 2 saturated heterocycles. The molecule has 6 rings (SSSR count). The predicted octanol–water partition coefficient (Wildman–Crippen LogP) is 6.59. The molecule has 0 spiro atoms. The van der Waals surface area contributed by atoms with Gasteiger partial charge in [-0.05, 0) is 103 Å². The summed E-state index contributed by atoms with van der Waals surface area (Å²) in [6.07, 6.45) is 3.41. The number of hydrogen-bond acceptors (Lipinski definition) is 12. The fraction of sp³-hybridized carbons (Fsp3) is 0.565. The fourth-order valence-electron chi connectivity index (χ4n) is 12.5. The van der Waals surface area contributed by atoms with Crippen LogP contribution in [0.15, 0.2) is 91.3 Å². The van der Waals surface area contributed by atoms with E-state index in [4.69, 9.17) is 4.74 Å². The highest BCUT2D eigenvalue weighted by Gasteiger charge is 2.48. The third kappa shape index (κ3) is 17.0. The van der Waals surface area contributed by atoms with Crippen LogP contribution in [0.2, 0.25) is 0 Å². The average Bonchev–Trinajstić information content (AvgIpc) is 2.39. The van der Waals surface area contributed by atoms with E-state index in [0.29, 0.717) is 30.4 Å². The van der Waals surface area contributed by atoms with Gasteiger partial charge in [0.1, 0.15) is 42.3 Å². The van der Waals surface area contributed by atoms with E-state index in [1.807, 2.05) is 94.4 Å². The number of rotatable bonds is 14. The van der Waals surface area contributed by atoms with Crippen LogP contribution in [0.4, 0.5) is 0 Å². The zero-order chi connectivity index (χ0) is 65.9. The van der Waals surface area contributed by atoms with E-state index in [9.17, 15) is 19.5 Å². The Balaban J connectivity index is 1.52. The molecule has 2 aliphatic heterocycles. The van der Waals surface area contributed by atoms with Crippen molar-refractivity contribution < 1.29 is 53.0 Å². The number of ether oxygens (including phenoxy) is 1. The number of hydrogen-bond donors (Lipinski definition) is 4. The first kappa shape index (κ1) is 70.3. The number of pyridine rings is 1. The molecule has 0 bridgehead atoms. The summed E-state index contributed by atoms with van der Waals surface area (Å²) in [4.78, 5) is 147. The lowest BCUT2D eigenvalue weighted by Crippen LogP contribution is -2.63. The second kappa shape index (κ2) is 30.6. The van der Waals surface area contributed by atoms with Gasteiger partial charge in [0.2, 0.25) is 41.4 Å². The number of esters is 1. The number of amides is 8. The zero-order valence-electron chi connectivity index (χ0n) is 55.1. The molecule has 3 aromatic carbocycles. The highest BCUT2D eigenvalue weighted by atomic mass is 16.6. The minimum absolute atomic E-state index is 0.0202. The smallest absolute Gasteiger partial charge is 0.332 e. The molecule has 3 heterocycles. The van der Waals surface area contributed by atoms with E-state index in [1.165, 1.54) is 61.6 Å². The molecule has 0 aliphatic carbocycles. The lowest BCUT2D eigenvalue weighted by atomic mass is 9.93. The Morgan fingerprint density at radius 3 is 1.78 bits per heavy atom. The summed E-state index contributed by atoms with van der Waals surface area (Å²) < 4.78 is 6.14.